The molecule has 2 rings (SSSR count). The predicted octanol–water partition coefficient (Wildman–Crippen LogP) is 2.18. The maximum Gasteiger partial charge on any atom is 0.253 e. The van der Waals surface area contributed by atoms with E-state index in [4.69, 9.17) is 0 Å². The quantitative estimate of drug-likeness (QED) is 0.568. The van der Waals surface area contributed by atoms with E-state index in [2.05, 4.69) is 34.5 Å². The second-order valence-corrected chi connectivity index (χ2v) is 7.55. The molecule has 0 aliphatic carbocycles. The highest BCUT2D eigenvalue weighted by molar-refractivity contribution is 5.93. The van der Waals surface area contributed by atoms with Crippen molar-refractivity contribution in [3.63, 3.8) is 0 Å². The average molecular weight is 374 g/mol. The topological polar surface area (TPSA) is 60.0 Å². The van der Waals surface area contributed by atoms with Crippen LogP contribution in [0.1, 0.15) is 42.1 Å². The monoisotopic (exact) mass is 373 g/mol. The Morgan fingerprint density at radius 3 is 2.44 bits per heavy atom. The second kappa shape index (κ2) is 10.9. The van der Waals surface area contributed by atoms with E-state index in [1.54, 1.807) is 19.0 Å². The molecular formula is C21H35N5O. The number of guanidine groups is 1. The highest BCUT2D eigenvalue weighted by Gasteiger charge is 2.16. The van der Waals surface area contributed by atoms with Gasteiger partial charge in [0, 0.05) is 32.7 Å². The summed E-state index contributed by atoms with van der Waals surface area (Å²) in [4.78, 5) is 20.6. The standard InChI is InChI=1S/C21H35N5O/c1-5-22-21(23-13-10-17-11-14-26(4)15-12-17)24-16-18-6-8-19(9-7-18)20(27)25(2)3/h6-9,17H,5,10-16H2,1-4H3,(H2,22,23,24). The number of carbonyl (C=O) groups is 1. The number of amides is 1. The molecule has 6 nitrogen and oxygen atoms in total. The minimum atomic E-state index is 0.0222. The van der Waals surface area contributed by atoms with Gasteiger partial charge in [-0.1, -0.05) is 12.1 Å². The van der Waals surface area contributed by atoms with Crippen LogP contribution < -0.4 is 10.6 Å². The van der Waals surface area contributed by atoms with Crippen LogP contribution in [0, 0.1) is 5.92 Å². The van der Waals surface area contributed by atoms with Gasteiger partial charge in [-0.2, -0.15) is 0 Å². The molecule has 1 fully saturated rings. The van der Waals surface area contributed by atoms with Crippen molar-refractivity contribution < 1.29 is 4.79 Å². The number of nitrogens with one attached hydrogen (secondary N) is 2. The summed E-state index contributed by atoms with van der Waals surface area (Å²) in [5.41, 5.74) is 1.80. The Labute approximate surface area is 164 Å². The van der Waals surface area contributed by atoms with Gasteiger partial charge in [0.1, 0.15) is 0 Å². The average Bonchev–Trinajstić information content (AvgIpc) is 2.67. The third-order valence-corrected chi connectivity index (χ3v) is 5.05. The number of piperidine rings is 1. The molecule has 0 spiro atoms. The summed E-state index contributed by atoms with van der Waals surface area (Å²) in [6, 6.07) is 7.69. The fraction of sp³-hybridized carbons (Fsp3) is 0.619. The van der Waals surface area contributed by atoms with Crippen molar-refractivity contribution in [2.45, 2.75) is 32.7 Å². The molecule has 1 heterocycles. The molecule has 1 aliphatic rings. The van der Waals surface area contributed by atoms with Crippen LogP contribution in [-0.4, -0.2) is 69.0 Å². The summed E-state index contributed by atoms with van der Waals surface area (Å²) in [5.74, 6) is 1.70. The highest BCUT2D eigenvalue weighted by Crippen LogP contribution is 2.18. The lowest BCUT2D eigenvalue weighted by Gasteiger charge is -2.29. The zero-order valence-corrected chi connectivity index (χ0v) is 17.3. The highest BCUT2D eigenvalue weighted by atomic mass is 16.2. The number of rotatable bonds is 7. The summed E-state index contributed by atoms with van der Waals surface area (Å²) in [6.45, 7) is 6.90. The van der Waals surface area contributed by atoms with Gasteiger partial charge >= 0.3 is 0 Å². The van der Waals surface area contributed by atoms with E-state index in [-0.39, 0.29) is 5.91 Å². The number of hydrogen-bond donors (Lipinski definition) is 2. The molecule has 0 aromatic heterocycles. The first-order chi connectivity index (χ1) is 13.0. The molecular weight excluding hydrogens is 338 g/mol. The molecule has 1 aliphatic heterocycles. The Kier molecular flexibility index (Phi) is 8.58. The van der Waals surface area contributed by atoms with Gasteiger partial charge in [0.25, 0.3) is 5.91 Å². The second-order valence-electron chi connectivity index (χ2n) is 7.55. The fourth-order valence-electron chi connectivity index (χ4n) is 3.27. The van der Waals surface area contributed by atoms with E-state index in [9.17, 15) is 4.79 Å². The Morgan fingerprint density at radius 2 is 1.85 bits per heavy atom. The molecule has 1 aromatic carbocycles. The first kappa shape index (κ1) is 21.2. The van der Waals surface area contributed by atoms with Crippen LogP contribution in [-0.2, 0) is 6.54 Å². The first-order valence-electron chi connectivity index (χ1n) is 10.0. The molecule has 1 amide bonds. The number of nitrogens with zero attached hydrogens (tertiary/aromatic N) is 3. The van der Waals surface area contributed by atoms with Crippen LogP contribution in [0.15, 0.2) is 29.3 Å². The summed E-state index contributed by atoms with van der Waals surface area (Å²) in [5, 5.41) is 6.77. The Bertz CT molecular complexity index is 604. The van der Waals surface area contributed by atoms with Crippen molar-refractivity contribution in [3.05, 3.63) is 35.4 Å². The number of likely N-dealkylation sites (tertiary alicyclic amines) is 1. The van der Waals surface area contributed by atoms with E-state index >= 15 is 0 Å². The molecule has 0 radical (unpaired) electrons. The van der Waals surface area contributed by atoms with Crippen LogP contribution in [0.3, 0.4) is 0 Å². The molecule has 6 heteroatoms. The smallest absolute Gasteiger partial charge is 0.253 e. The van der Waals surface area contributed by atoms with Gasteiger partial charge in [-0.15, -0.1) is 0 Å². The van der Waals surface area contributed by atoms with Gasteiger partial charge in [-0.3, -0.25) is 4.79 Å². The molecule has 0 saturated carbocycles. The van der Waals surface area contributed by atoms with E-state index in [1.807, 2.05) is 24.3 Å². The largest absolute Gasteiger partial charge is 0.357 e. The summed E-state index contributed by atoms with van der Waals surface area (Å²) in [6.07, 6.45) is 3.79. The van der Waals surface area contributed by atoms with Crippen molar-refractivity contribution in [2.24, 2.45) is 10.9 Å². The van der Waals surface area contributed by atoms with E-state index in [1.165, 1.54) is 32.4 Å². The zero-order valence-electron chi connectivity index (χ0n) is 17.3. The Morgan fingerprint density at radius 1 is 1.19 bits per heavy atom. The first-order valence-corrected chi connectivity index (χ1v) is 10.0. The van der Waals surface area contributed by atoms with Gasteiger partial charge in [-0.05, 0) is 69.9 Å². The van der Waals surface area contributed by atoms with E-state index in [0.29, 0.717) is 12.1 Å². The van der Waals surface area contributed by atoms with Crippen LogP contribution >= 0.6 is 0 Å². The van der Waals surface area contributed by atoms with Crippen molar-refractivity contribution in [2.75, 3.05) is 47.3 Å². The fourth-order valence-corrected chi connectivity index (χ4v) is 3.27. The van der Waals surface area contributed by atoms with Gasteiger partial charge in [0.2, 0.25) is 0 Å². The summed E-state index contributed by atoms with van der Waals surface area (Å²) >= 11 is 0. The normalized spacial score (nSPS) is 16.2. The number of hydrogen-bond acceptors (Lipinski definition) is 3. The Hall–Kier alpha value is -2.08. The van der Waals surface area contributed by atoms with E-state index in [0.717, 1.165) is 30.5 Å². The molecule has 0 bridgehead atoms. The van der Waals surface area contributed by atoms with Crippen molar-refractivity contribution >= 4 is 11.9 Å². The third kappa shape index (κ3) is 7.21. The molecule has 150 valence electrons. The predicted molar refractivity (Wildman–Crippen MR) is 112 cm³/mol. The van der Waals surface area contributed by atoms with Crippen LogP contribution in [0.4, 0.5) is 0 Å². The summed E-state index contributed by atoms with van der Waals surface area (Å²) < 4.78 is 0. The third-order valence-electron chi connectivity index (χ3n) is 5.05. The lowest BCUT2D eigenvalue weighted by molar-refractivity contribution is 0.0827. The van der Waals surface area contributed by atoms with Gasteiger partial charge < -0.3 is 20.4 Å². The maximum absolute atomic E-state index is 11.9. The molecule has 0 atom stereocenters. The van der Waals surface area contributed by atoms with Crippen LogP contribution in [0.2, 0.25) is 0 Å². The molecule has 0 unspecified atom stereocenters. The van der Waals surface area contributed by atoms with Crippen LogP contribution in [0.5, 0.6) is 0 Å². The van der Waals surface area contributed by atoms with E-state index < -0.39 is 0 Å². The molecule has 27 heavy (non-hydrogen) atoms. The number of carbonyl (C=O) groups excluding carboxylic acids is 1. The number of aliphatic imine (C=N–C) groups is 1. The van der Waals surface area contributed by atoms with Crippen molar-refractivity contribution in [1.82, 2.24) is 20.4 Å². The number of benzene rings is 1. The SMILES string of the molecule is CCNC(=NCc1ccc(C(=O)N(C)C)cc1)NCCC1CCN(C)CC1. The molecule has 2 N–H and O–H groups in total. The molecule has 1 saturated heterocycles. The molecule has 1 aromatic rings. The maximum atomic E-state index is 11.9. The van der Waals surface area contributed by atoms with Gasteiger partial charge in [0.05, 0.1) is 6.54 Å². The lowest BCUT2D eigenvalue weighted by Crippen LogP contribution is -2.39. The lowest BCUT2D eigenvalue weighted by atomic mass is 9.94. The summed E-state index contributed by atoms with van der Waals surface area (Å²) in [7, 11) is 5.73. The van der Waals surface area contributed by atoms with Crippen molar-refractivity contribution in [1.29, 1.82) is 0 Å². The van der Waals surface area contributed by atoms with Gasteiger partial charge in [-0.25, -0.2) is 4.99 Å². The van der Waals surface area contributed by atoms with Crippen molar-refractivity contribution in [3.8, 4) is 0 Å². The van der Waals surface area contributed by atoms with Crippen LogP contribution in [0.25, 0.3) is 0 Å². The minimum absolute atomic E-state index is 0.0222. The minimum Gasteiger partial charge on any atom is -0.357 e. The zero-order chi connectivity index (χ0) is 19.6. The van der Waals surface area contributed by atoms with Gasteiger partial charge in [0.15, 0.2) is 5.96 Å². The Balaban J connectivity index is 1.82.